The molecule has 1 fully saturated rings. The molecule has 0 unspecified atom stereocenters. The highest BCUT2D eigenvalue weighted by molar-refractivity contribution is 7.09. The van der Waals surface area contributed by atoms with Crippen LogP contribution in [0.15, 0.2) is 5.38 Å². The van der Waals surface area contributed by atoms with Gasteiger partial charge in [0.25, 0.3) is 5.91 Å². The monoisotopic (exact) mass is 283 g/mol. The number of carboxylic acids is 1. The van der Waals surface area contributed by atoms with E-state index in [1.807, 2.05) is 0 Å². The highest BCUT2D eigenvalue weighted by atomic mass is 32.1. The third-order valence-corrected chi connectivity index (χ3v) is 4.18. The SMILES string of the molecule is NCc1nc(C(=O)N2CCC(CC(=O)O)CC2)cs1. The lowest BCUT2D eigenvalue weighted by molar-refractivity contribution is -0.138. The molecular formula is C12H17N3O3S. The van der Waals surface area contributed by atoms with Gasteiger partial charge in [-0.2, -0.15) is 0 Å². The Morgan fingerprint density at radius 3 is 2.68 bits per heavy atom. The number of nitrogens with two attached hydrogens (primary N) is 1. The second-order valence-electron chi connectivity index (χ2n) is 4.66. The molecule has 7 heteroatoms. The third kappa shape index (κ3) is 3.51. The maximum absolute atomic E-state index is 12.2. The number of nitrogens with zero attached hydrogens (tertiary/aromatic N) is 2. The molecule has 0 atom stereocenters. The van der Waals surface area contributed by atoms with Crippen LogP contribution in [0.2, 0.25) is 0 Å². The van der Waals surface area contributed by atoms with Crippen molar-refractivity contribution in [3.8, 4) is 0 Å². The number of likely N-dealkylation sites (tertiary alicyclic amines) is 1. The van der Waals surface area contributed by atoms with Crippen molar-refractivity contribution in [3.05, 3.63) is 16.1 Å². The number of carbonyl (C=O) groups is 2. The minimum absolute atomic E-state index is 0.0790. The molecule has 3 N–H and O–H groups in total. The topological polar surface area (TPSA) is 96.5 Å². The Hall–Kier alpha value is -1.47. The maximum Gasteiger partial charge on any atom is 0.303 e. The first-order valence-electron chi connectivity index (χ1n) is 6.25. The first kappa shape index (κ1) is 14.0. The van der Waals surface area contributed by atoms with Crippen molar-refractivity contribution in [2.45, 2.75) is 25.8 Å². The summed E-state index contributed by atoms with van der Waals surface area (Å²) in [6.45, 7) is 1.55. The van der Waals surface area contributed by atoms with E-state index in [4.69, 9.17) is 10.8 Å². The lowest BCUT2D eigenvalue weighted by Crippen LogP contribution is -2.39. The van der Waals surface area contributed by atoms with Gasteiger partial charge in [0, 0.05) is 31.4 Å². The van der Waals surface area contributed by atoms with E-state index < -0.39 is 5.97 Å². The van der Waals surface area contributed by atoms with Gasteiger partial charge in [0.2, 0.25) is 0 Å². The second-order valence-corrected chi connectivity index (χ2v) is 5.61. The van der Waals surface area contributed by atoms with Crippen LogP contribution in [-0.4, -0.2) is 40.0 Å². The first-order valence-corrected chi connectivity index (χ1v) is 7.13. The van der Waals surface area contributed by atoms with Crippen LogP contribution in [0.25, 0.3) is 0 Å². The Kier molecular flexibility index (Phi) is 4.49. The van der Waals surface area contributed by atoms with Crippen molar-refractivity contribution in [2.24, 2.45) is 11.7 Å². The Balaban J connectivity index is 1.90. The molecule has 1 aromatic rings. The Bertz CT molecular complexity index is 467. The Labute approximate surface area is 115 Å². The summed E-state index contributed by atoms with van der Waals surface area (Å²) in [7, 11) is 0. The molecule has 0 aliphatic carbocycles. The van der Waals surface area contributed by atoms with Crippen molar-refractivity contribution in [3.63, 3.8) is 0 Å². The molecule has 104 valence electrons. The highest BCUT2D eigenvalue weighted by Crippen LogP contribution is 2.22. The van der Waals surface area contributed by atoms with E-state index in [9.17, 15) is 9.59 Å². The maximum atomic E-state index is 12.2. The molecule has 6 nitrogen and oxygen atoms in total. The number of hydrogen-bond donors (Lipinski definition) is 2. The number of aliphatic carboxylic acids is 1. The van der Waals surface area contributed by atoms with Crippen LogP contribution in [0, 0.1) is 5.92 Å². The average molecular weight is 283 g/mol. The van der Waals surface area contributed by atoms with Crippen molar-refractivity contribution in [1.82, 2.24) is 9.88 Å². The molecule has 0 spiro atoms. The molecule has 0 radical (unpaired) electrons. The molecule has 2 rings (SSSR count). The molecular weight excluding hydrogens is 266 g/mol. The summed E-state index contributed by atoms with van der Waals surface area (Å²) in [4.78, 5) is 28.7. The number of amides is 1. The van der Waals surface area contributed by atoms with Gasteiger partial charge in [-0.3, -0.25) is 9.59 Å². The van der Waals surface area contributed by atoms with Crippen molar-refractivity contribution in [2.75, 3.05) is 13.1 Å². The quantitative estimate of drug-likeness (QED) is 0.856. The van der Waals surface area contributed by atoms with E-state index >= 15 is 0 Å². The molecule has 1 saturated heterocycles. The number of hydrogen-bond acceptors (Lipinski definition) is 5. The smallest absolute Gasteiger partial charge is 0.303 e. The van der Waals surface area contributed by atoms with Gasteiger partial charge in [-0.25, -0.2) is 4.98 Å². The van der Waals surface area contributed by atoms with Gasteiger partial charge in [-0.1, -0.05) is 0 Å². The number of carboxylic acid groups (broad SMARTS) is 1. The summed E-state index contributed by atoms with van der Waals surface area (Å²) in [5, 5.41) is 11.2. The van der Waals surface area contributed by atoms with E-state index in [-0.39, 0.29) is 18.2 Å². The lowest BCUT2D eigenvalue weighted by Gasteiger charge is -2.30. The van der Waals surface area contributed by atoms with Crippen molar-refractivity contribution < 1.29 is 14.7 Å². The molecule has 1 aliphatic heterocycles. The van der Waals surface area contributed by atoms with E-state index in [1.165, 1.54) is 11.3 Å². The van der Waals surface area contributed by atoms with E-state index in [0.717, 1.165) is 17.8 Å². The van der Waals surface area contributed by atoms with Crippen LogP contribution in [0.3, 0.4) is 0 Å². The molecule has 1 amide bonds. The molecule has 0 saturated carbocycles. The minimum Gasteiger partial charge on any atom is -0.481 e. The Morgan fingerprint density at radius 2 is 2.16 bits per heavy atom. The summed E-state index contributed by atoms with van der Waals surface area (Å²) in [6.07, 6.45) is 1.67. The molecule has 19 heavy (non-hydrogen) atoms. The lowest BCUT2D eigenvalue weighted by atomic mass is 9.93. The van der Waals surface area contributed by atoms with Gasteiger partial charge in [0.1, 0.15) is 10.7 Å². The zero-order valence-electron chi connectivity index (χ0n) is 10.5. The zero-order valence-corrected chi connectivity index (χ0v) is 11.4. The predicted octanol–water partition coefficient (Wildman–Crippen LogP) is 0.929. The molecule has 1 aromatic heterocycles. The number of rotatable bonds is 4. The van der Waals surface area contributed by atoms with Crippen LogP contribution >= 0.6 is 11.3 Å². The van der Waals surface area contributed by atoms with E-state index in [0.29, 0.717) is 25.3 Å². The van der Waals surface area contributed by atoms with E-state index in [1.54, 1.807) is 10.3 Å². The fourth-order valence-corrected chi connectivity index (χ4v) is 2.90. The highest BCUT2D eigenvalue weighted by Gasteiger charge is 2.26. The van der Waals surface area contributed by atoms with Crippen LogP contribution in [0.1, 0.15) is 34.8 Å². The predicted molar refractivity (Wildman–Crippen MR) is 70.9 cm³/mol. The van der Waals surface area contributed by atoms with E-state index in [2.05, 4.69) is 4.98 Å². The standard InChI is InChI=1S/C12H17N3O3S/c13-6-10-14-9(7-19-10)12(18)15-3-1-8(2-4-15)5-11(16)17/h7-8H,1-6,13H2,(H,16,17). The minimum atomic E-state index is -0.767. The number of carbonyl (C=O) groups excluding carboxylic acids is 1. The summed E-state index contributed by atoms with van der Waals surface area (Å²) < 4.78 is 0. The van der Waals surface area contributed by atoms with Crippen LogP contribution in [-0.2, 0) is 11.3 Å². The molecule has 0 aromatic carbocycles. The van der Waals surface area contributed by atoms with Gasteiger partial charge in [-0.15, -0.1) is 11.3 Å². The van der Waals surface area contributed by atoms with Gasteiger partial charge in [-0.05, 0) is 18.8 Å². The molecule has 2 heterocycles. The summed E-state index contributed by atoms with van der Waals surface area (Å²) >= 11 is 1.39. The fraction of sp³-hybridized carbons (Fsp3) is 0.583. The average Bonchev–Trinajstić information content (AvgIpc) is 2.87. The van der Waals surface area contributed by atoms with Gasteiger partial charge >= 0.3 is 5.97 Å². The zero-order chi connectivity index (χ0) is 13.8. The largest absolute Gasteiger partial charge is 0.481 e. The number of aromatic nitrogens is 1. The number of piperidine rings is 1. The molecule has 0 bridgehead atoms. The van der Waals surface area contributed by atoms with Crippen LogP contribution in [0.5, 0.6) is 0 Å². The van der Waals surface area contributed by atoms with Crippen molar-refractivity contribution in [1.29, 1.82) is 0 Å². The van der Waals surface area contributed by atoms with Crippen LogP contribution < -0.4 is 5.73 Å². The molecule has 1 aliphatic rings. The summed E-state index contributed by atoms with van der Waals surface area (Å²) in [5.41, 5.74) is 5.92. The van der Waals surface area contributed by atoms with Gasteiger partial charge in [0.05, 0.1) is 0 Å². The van der Waals surface area contributed by atoms with Crippen molar-refractivity contribution >= 4 is 23.2 Å². The summed E-state index contributed by atoms with van der Waals surface area (Å²) in [5.74, 6) is -0.668. The number of thiazole rings is 1. The van der Waals surface area contributed by atoms with Gasteiger partial charge in [0.15, 0.2) is 0 Å². The van der Waals surface area contributed by atoms with Gasteiger partial charge < -0.3 is 15.7 Å². The fourth-order valence-electron chi connectivity index (χ4n) is 2.25. The summed E-state index contributed by atoms with van der Waals surface area (Å²) in [6, 6.07) is 0. The van der Waals surface area contributed by atoms with Crippen LogP contribution in [0.4, 0.5) is 0 Å². The normalized spacial score (nSPS) is 16.6. The second kappa shape index (κ2) is 6.12. The first-order chi connectivity index (χ1) is 9.10. The third-order valence-electron chi connectivity index (χ3n) is 3.31. The Morgan fingerprint density at radius 1 is 1.47 bits per heavy atom.